The molecule has 2 N–H and O–H groups in total. The summed E-state index contributed by atoms with van der Waals surface area (Å²) < 4.78 is 0. The van der Waals surface area contributed by atoms with Crippen molar-refractivity contribution in [3.63, 3.8) is 0 Å². The first kappa shape index (κ1) is 17.2. The smallest absolute Gasteiger partial charge is 0.286 e. The highest BCUT2D eigenvalue weighted by Gasteiger charge is 2.31. The van der Waals surface area contributed by atoms with Crippen molar-refractivity contribution in [2.75, 3.05) is 5.32 Å². The molecular formula is C19H18N2O3S. The van der Waals surface area contributed by atoms with Gasteiger partial charge in [0, 0.05) is 5.69 Å². The predicted octanol–water partition coefficient (Wildman–Crippen LogP) is 3.07. The second kappa shape index (κ2) is 7.53. The maximum Gasteiger partial charge on any atom is 0.286 e. The first-order chi connectivity index (χ1) is 12.0. The minimum atomic E-state index is -0.380. The van der Waals surface area contributed by atoms with Gasteiger partial charge in [-0.05, 0) is 36.6 Å². The Kier molecular flexibility index (Phi) is 5.19. The minimum absolute atomic E-state index is 0.0760. The van der Waals surface area contributed by atoms with E-state index < -0.39 is 0 Å². The lowest BCUT2D eigenvalue weighted by Crippen LogP contribution is -2.25. The zero-order valence-electron chi connectivity index (χ0n) is 13.7. The number of rotatable bonds is 5. The van der Waals surface area contributed by atoms with Crippen molar-refractivity contribution in [1.29, 1.82) is 0 Å². The molecule has 1 aliphatic rings. The van der Waals surface area contributed by atoms with E-state index in [0.29, 0.717) is 18.5 Å². The summed E-state index contributed by atoms with van der Waals surface area (Å²) in [5.74, 6) is -0.321. The van der Waals surface area contributed by atoms with Crippen molar-refractivity contribution >= 4 is 34.5 Å². The Morgan fingerprint density at radius 2 is 1.68 bits per heavy atom. The van der Waals surface area contributed by atoms with Crippen LogP contribution in [0.1, 0.15) is 16.7 Å². The molecule has 2 aromatic rings. The Bertz CT molecular complexity index is 800. The number of nitrogens with one attached hydrogen (secondary N) is 2. The Labute approximate surface area is 150 Å². The van der Waals surface area contributed by atoms with Crippen molar-refractivity contribution < 1.29 is 14.4 Å². The van der Waals surface area contributed by atoms with E-state index in [2.05, 4.69) is 10.6 Å². The Hall–Kier alpha value is -2.60. The third-order valence-electron chi connectivity index (χ3n) is 3.91. The fourth-order valence-corrected chi connectivity index (χ4v) is 3.42. The molecule has 2 aromatic carbocycles. The summed E-state index contributed by atoms with van der Waals surface area (Å²) >= 11 is 1.02. The normalized spacial score (nSPS) is 16.6. The van der Waals surface area contributed by atoms with Crippen molar-refractivity contribution in [2.45, 2.75) is 25.0 Å². The molecule has 3 rings (SSSR count). The molecule has 0 radical (unpaired) electrons. The monoisotopic (exact) mass is 354 g/mol. The van der Waals surface area contributed by atoms with Crippen LogP contribution in [-0.4, -0.2) is 22.3 Å². The second-order valence-corrected chi connectivity index (χ2v) is 7.17. The Morgan fingerprint density at radius 1 is 1.04 bits per heavy atom. The van der Waals surface area contributed by atoms with Gasteiger partial charge in [0.1, 0.15) is 0 Å². The van der Waals surface area contributed by atoms with Crippen molar-refractivity contribution in [1.82, 2.24) is 5.32 Å². The van der Waals surface area contributed by atoms with Gasteiger partial charge in [0.25, 0.3) is 5.24 Å². The molecule has 25 heavy (non-hydrogen) atoms. The molecule has 1 heterocycles. The van der Waals surface area contributed by atoms with Crippen LogP contribution in [0.25, 0.3) is 0 Å². The molecule has 1 atom stereocenters. The fraction of sp³-hybridized carbons (Fsp3) is 0.211. The molecule has 128 valence electrons. The van der Waals surface area contributed by atoms with Crippen LogP contribution in [0.15, 0.2) is 48.5 Å². The number of imide groups is 1. The molecule has 0 saturated carbocycles. The summed E-state index contributed by atoms with van der Waals surface area (Å²) in [6.07, 6.45) is 0.808. The molecule has 0 bridgehead atoms. The highest BCUT2D eigenvalue weighted by Crippen LogP contribution is 2.23. The summed E-state index contributed by atoms with van der Waals surface area (Å²) in [6, 6.07) is 15.2. The summed E-state index contributed by atoms with van der Waals surface area (Å²) in [6.45, 7) is 2.01. The van der Waals surface area contributed by atoms with Crippen molar-refractivity contribution in [3.05, 3.63) is 65.2 Å². The van der Waals surface area contributed by atoms with Gasteiger partial charge in [-0.2, -0.15) is 0 Å². The van der Waals surface area contributed by atoms with E-state index >= 15 is 0 Å². The second-order valence-electron chi connectivity index (χ2n) is 5.99. The van der Waals surface area contributed by atoms with Crippen molar-refractivity contribution in [2.24, 2.45) is 0 Å². The van der Waals surface area contributed by atoms with E-state index in [1.165, 1.54) is 0 Å². The van der Waals surface area contributed by atoms with Crippen LogP contribution >= 0.6 is 11.8 Å². The number of hydrogen-bond acceptors (Lipinski definition) is 4. The Morgan fingerprint density at radius 3 is 2.28 bits per heavy atom. The molecule has 1 unspecified atom stereocenters. The summed E-state index contributed by atoms with van der Waals surface area (Å²) in [4.78, 5) is 34.9. The lowest BCUT2D eigenvalue weighted by molar-refractivity contribution is -0.119. The fourth-order valence-electron chi connectivity index (χ4n) is 2.56. The van der Waals surface area contributed by atoms with Gasteiger partial charge in [-0.25, -0.2) is 0 Å². The van der Waals surface area contributed by atoms with Crippen LogP contribution in [-0.2, 0) is 22.4 Å². The molecular weight excluding hydrogens is 336 g/mol. The van der Waals surface area contributed by atoms with E-state index in [9.17, 15) is 14.4 Å². The van der Waals surface area contributed by atoms with Crippen LogP contribution in [0.5, 0.6) is 0 Å². The van der Waals surface area contributed by atoms with Crippen LogP contribution < -0.4 is 10.6 Å². The minimum Gasteiger partial charge on any atom is -0.326 e. The van der Waals surface area contributed by atoms with Crippen LogP contribution in [0.2, 0.25) is 0 Å². The summed E-state index contributed by atoms with van der Waals surface area (Å²) in [5.41, 5.74) is 3.78. The van der Waals surface area contributed by atoms with Gasteiger partial charge in [0.05, 0.1) is 11.7 Å². The summed E-state index contributed by atoms with van der Waals surface area (Å²) in [7, 11) is 0. The van der Waals surface area contributed by atoms with E-state index in [1.807, 2.05) is 55.5 Å². The molecule has 0 aromatic heterocycles. The molecule has 1 aliphatic heterocycles. The molecule has 5 nitrogen and oxygen atoms in total. The Balaban J connectivity index is 1.55. The number of benzene rings is 2. The number of thioether (sulfide) groups is 1. The highest BCUT2D eigenvalue weighted by molar-refractivity contribution is 8.15. The van der Waals surface area contributed by atoms with Gasteiger partial charge in [0.15, 0.2) is 0 Å². The number of amides is 3. The van der Waals surface area contributed by atoms with Crippen LogP contribution in [0.3, 0.4) is 0 Å². The van der Waals surface area contributed by atoms with Gasteiger partial charge >= 0.3 is 0 Å². The third kappa shape index (κ3) is 4.70. The largest absolute Gasteiger partial charge is 0.326 e. The van der Waals surface area contributed by atoms with Gasteiger partial charge in [0.2, 0.25) is 11.8 Å². The standard InChI is InChI=1S/C19H18N2O3S/c1-12-2-4-14(5-3-12)11-17(22)20-15-8-6-13(7-9-15)10-16-18(23)21-19(24)25-16/h2-9,16H,10-11H2,1H3,(H,20,22)(H,21,23,24). The topological polar surface area (TPSA) is 75.3 Å². The van der Waals surface area contributed by atoms with Crippen molar-refractivity contribution in [3.8, 4) is 0 Å². The molecule has 6 heteroatoms. The maximum atomic E-state index is 12.1. The number of anilines is 1. The molecule has 0 aliphatic carbocycles. The number of hydrogen-bond donors (Lipinski definition) is 2. The lowest BCUT2D eigenvalue weighted by atomic mass is 10.1. The maximum absolute atomic E-state index is 12.1. The molecule has 3 amide bonds. The quantitative estimate of drug-likeness (QED) is 0.865. The van der Waals surface area contributed by atoms with Gasteiger partial charge < -0.3 is 5.32 Å². The summed E-state index contributed by atoms with van der Waals surface area (Å²) in [5, 5.41) is 4.47. The predicted molar refractivity (Wildman–Crippen MR) is 98.6 cm³/mol. The van der Waals surface area contributed by atoms with Gasteiger partial charge in [-0.1, -0.05) is 53.7 Å². The first-order valence-corrected chi connectivity index (χ1v) is 8.83. The van der Waals surface area contributed by atoms with E-state index in [4.69, 9.17) is 0 Å². The van der Waals surface area contributed by atoms with Crippen LogP contribution in [0, 0.1) is 6.92 Å². The van der Waals surface area contributed by atoms with E-state index in [1.54, 1.807) is 0 Å². The SMILES string of the molecule is Cc1ccc(CC(=O)Nc2ccc(CC3SC(=O)NC3=O)cc2)cc1. The average Bonchev–Trinajstić information content (AvgIpc) is 2.89. The number of carbonyl (C=O) groups is 3. The third-order valence-corrected chi connectivity index (χ3v) is 4.89. The number of carbonyl (C=O) groups excluding carboxylic acids is 3. The first-order valence-electron chi connectivity index (χ1n) is 7.95. The molecule has 1 saturated heterocycles. The van der Waals surface area contributed by atoms with E-state index in [-0.39, 0.29) is 22.3 Å². The number of aryl methyl sites for hydroxylation is 1. The zero-order chi connectivity index (χ0) is 17.8. The zero-order valence-corrected chi connectivity index (χ0v) is 14.6. The highest BCUT2D eigenvalue weighted by atomic mass is 32.2. The van der Waals surface area contributed by atoms with Crippen LogP contribution in [0.4, 0.5) is 10.5 Å². The van der Waals surface area contributed by atoms with Gasteiger partial charge in [-0.3, -0.25) is 19.7 Å². The molecule has 1 fully saturated rings. The van der Waals surface area contributed by atoms with E-state index in [0.717, 1.165) is 28.5 Å². The van der Waals surface area contributed by atoms with Gasteiger partial charge in [-0.15, -0.1) is 0 Å². The molecule has 0 spiro atoms. The lowest BCUT2D eigenvalue weighted by Gasteiger charge is -2.08. The average molecular weight is 354 g/mol.